The Hall–Kier alpha value is -1.31. The van der Waals surface area contributed by atoms with Crippen molar-refractivity contribution in [3.05, 3.63) is 35.4 Å². The largest absolute Gasteiger partial charge is 0.356 e. The van der Waals surface area contributed by atoms with E-state index in [1.807, 2.05) is 7.05 Å². The lowest BCUT2D eigenvalue weighted by atomic mass is 9.85. The van der Waals surface area contributed by atoms with Crippen molar-refractivity contribution in [2.45, 2.75) is 70.4 Å². The van der Waals surface area contributed by atoms with E-state index in [9.17, 15) is 4.79 Å². The van der Waals surface area contributed by atoms with Crippen molar-refractivity contribution in [1.82, 2.24) is 16.0 Å². The van der Waals surface area contributed by atoms with Crippen molar-refractivity contribution in [1.29, 1.82) is 0 Å². The number of aryl methyl sites for hydroxylation is 1. The molecule has 0 spiro atoms. The first-order valence-corrected chi connectivity index (χ1v) is 10.5. The number of nitrogens with one attached hydrogen (secondary N) is 3. The van der Waals surface area contributed by atoms with Crippen LogP contribution in [0.15, 0.2) is 29.3 Å². The van der Waals surface area contributed by atoms with Crippen LogP contribution in [0.2, 0.25) is 0 Å². The monoisotopic (exact) mass is 498 g/mol. The molecule has 0 aromatic heterocycles. The van der Waals surface area contributed by atoms with Crippen molar-refractivity contribution >= 4 is 35.8 Å². The Morgan fingerprint density at radius 2 is 1.75 bits per heavy atom. The minimum atomic E-state index is 0. The second-order valence-electron chi connectivity index (χ2n) is 7.91. The van der Waals surface area contributed by atoms with Crippen LogP contribution in [0.4, 0.5) is 0 Å². The molecule has 1 aromatic carbocycles. The molecular weight excluding hydrogens is 463 g/mol. The maximum absolute atomic E-state index is 12.3. The minimum Gasteiger partial charge on any atom is -0.356 e. The summed E-state index contributed by atoms with van der Waals surface area (Å²) in [6.07, 6.45) is 8.47. The van der Waals surface area contributed by atoms with Gasteiger partial charge in [-0.3, -0.25) is 9.79 Å². The van der Waals surface area contributed by atoms with E-state index in [0.717, 1.165) is 63.9 Å². The number of amides is 1. The van der Waals surface area contributed by atoms with Crippen LogP contribution in [-0.4, -0.2) is 37.5 Å². The van der Waals surface area contributed by atoms with Gasteiger partial charge in [-0.1, -0.05) is 37.6 Å². The number of carbonyl (C=O) groups excluding carboxylic acids is 1. The standard InChI is InChI=1S/C22H34N4O.HI/c1-3-16-7-9-17(10-8-16)13-14-24-22(23-2)26-20-6-4-5-18(15-20)21(27)25-19-11-12-19;/h7-10,18-20H,3-6,11-15H2,1-2H3,(H,25,27)(H2,23,24,26);1H. The van der Waals surface area contributed by atoms with Crippen molar-refractivity contribution in [2.75, 3.05) is 13.6 Å². The minimum absolute atomic E-state index is 0. The van der Waals surface area contributed by atoms with Gasteiger partial charge in [0.05, 0.1) is 0 Å². The van der Waals surface area contributed by atoms with E-state index in [0.29, 0.717) is 12.1 Å². The third-order valence-corrected chi connectivity index (χ3v) is 5.67. The van der Waals surface area contributed by atoms with Crippen LogP contribution in [0.5, 0.6) is 0 Å². The lowest BCUT2D eigenvalue weighted by Gasteiger charge is -2.30. The number of rotatable bonds is 7. The molecule has 2 unspecified atom stereocenters. The number of aliphatic imine (C=N–C) groups is 1. The molecule has 0 saturated heterocycles. The highest BCUT2D eigenvalue weighted by Crippen LogP contribution is 2.26. The summed E-state index contributed by atoms with van der Waals surface area (Å²) in [7, 11) is 1.81. The summed E-state index contributed by atoms with van der Waals surface area (Å²) in [5.74, 6) is 1.24. The highest BCUT2D eigenvalue weighted by molar-refractivity contribution is 14.0. The van der Waals surface area contributed by atoms with Gasteiger partial charge in [0.15, 0.2) is 5.96 Å². The van der Waals surface area contributed by atoms with Crippen molar-refractivity contribution in [3.8, 4) is 0 Å². The van der Waals surface area contributed by atoms with Gasteiger partial charge < -0.3 is 16.0 Å². The number of hydrogen-bond acceptors (Lipinski definition) is 2. The molecule has 6 heteroatoms. The van der Waals surface area contributed by atoms with E-state index < -0.39 is 0 Å². The zero-order valence-corrected chi connectivity index (χ0v) is 19.5. The Morgan fingerprint density at radius 3 is 2.39 bits per heavy atom. The SMILES string of the molecule is CCc1ccc(CCNC(=NC)NC2CCCC(C(=O)NC3CC3)C2)cc1.I. The molecule has 5 nitrogen and oxygen atoms in total. The fourth-order valence-corrected chi connectivity index (χ4v) is 3.76. The number of carbonyl (C=O) groups is 1. The molecule has 2 aliphatic rings. The average Bonchev–Trinajstić information content (AvgIpc) is 3.52. The van der Waals surface area contributed by atoms with Gasteiger partial charge in [0.25, 0.3) is 0 Å². The maximum Gasteiger partial charge on any atom is 0.223 e. The predicted molar refractivity (Wildman–Crippen MR) is 126 cm³/mol. The Kier molecular flexibility index (Phi) is 9.55. The second-order valence-corrected chi connectivity index (χ2v) is 7.91. The summed E-state index contributed by atoms with van der Waals surface area (Å²) in [5, 5.41) is 10.1. The molecule has 28 heavy (non-hydrogen) atoms. The number of benzene rings is 1. The number of halogens is 1. The molecular formula is C22H35IN4O. The molecule has 2 aliphatic carbocycles. The van der Waals surface area contributed by atoms with Gasteiger partial charge in [-0.15, -0.1) is 24.0 Å². The Labute approximate surface area is 186 Å². The van der Waals surface area contributed by atoms with Crippen LogP contribution < -0.4 is 16.0 Å². The molecule has 3 rings (SSSR count). The van der Waals surface area contributed by atoms with Crippen LogP contribution in [0.25, 0.3) is 0 Å². The quantitative estimate of drug-likeness (QED) is 0.307. The molecule has 3 N–H and O–H groups in total. The fourth-order valence-electron chi connectivity index (χ4n) is 3.76. The Bertz CT molecular complexity index is 642. The van der Waals surface area contributed by atoms with Gasteiger partial charge in [0.1, 0.15) is 0 Å². The van der Waals surface area contributed by atoms with E-state index in [4.69, 9.17) is 0 Å². The summed E-state index contributed by atoms with van der Waals surface area (Å²) in [6.45, 7) is 3.03. The lowest BCUT2D eigenvalue weighted by molar-refractivity contribution is -0.126. The molecule has 2 saturated carbocycles. The Morgan fingerprint density at radius 1 is 1.04 bits per heavy atom. The van der Waals surface area contributed by atoms with E-state index in [1.54, 1.807) is 0 Å². The number of guanidine groups is 1. The molecule has 2 atom stereocenters. The normalized spacial score (nSPS) is 22.1. The molecule has 2 fully saturated rings. The van der Waals surface area contributed by atoms with Crippen LogP contribution >= 0.6 is 24.0 Å². The number of hydrogen-bond donors (Lipinski definition) is 3. The van der Waals surface area contributed by atoms with Gasteiger partial charge in [0.2, 0.25) is 5.91 Å². The fraction of sp³-hybridized carbons (Fsp3) is 0.636. The summed E-state index contributed by atoms with van der Waals surface area (Å²) >= 11 is 0. The van der Waals surface area contributed by atoms with Gasteiger partial charge in [-0.2, -0.15) is 0 Å². The van der Waals surface area contributed by atoms with Crippen molar-refractivity contribution in [3.63, 3.8) is 0 Å². The molecule has 0 radical (unpaired) electrons. The first kappa shape index (κ1) is 23.0. The Balaban J connectivity index is 0.00000280. The zero-order chi connectivity index (χ0) is 19.1. The molecule has 0 aliphatic heterocycles. The van der Waals surface area contributed by atoms with Gasteiger partial charge >= 0.3 is 0 Å². The van der Waals surface area contributed by atoms with Crippen LogP contribution in [0.3, 0.4) is 0 Å². The van der Waals surface area contributed by atoms with E-state index >= 15 is 0 Å². The average molecular weight is 498 g/mol. The molecule has 0 bridgehead atoms. The third-order valence-electron chi connectivity index (χ3n) is 5.67. The van der Waals surface area contributed by atoms with E-state index in [-0.39, 0.29) is 35.8 Å². The summed E-state index contributed by atoms with van der Waals surface area (Å²) in [6, 6.07) is 9.60. The maximum atomic E-state index is 12.3. The molecule has 1 aromatic rings. The molecule has 0 heterocycles. The lowest BCUT2D eigenvalue weighted by Crippen LogP contribution is -2.47. The van der Waals surface area contributed by atoms with Gasteiger partial charge in [0, 0.05) is 31.6 Å². The smallest absolute Gasteiger partial charge is 0.223 e. The van der Waals surface area contributed by atoms with Crippen LogP contribution in [-0.2, 0) is 17.6 Å². The highest BCUT2D eigenvalue weighted by Gasteiger charge is 2.31. The van der Waals surface area contributed by atoms with Crippen molar-refractivity contribution < 1.29 is 4.79 Å². The van der Waals surface area contributed by atoms with Crippen LogP contribution in [0.1, 0.15) is 56.6 Å². The number of nitrogens with zero attached hydrogens (tertiary/aromatic N) is 1. The first-order chi connectivity index (χ1) is 13.2. The zero-order valence-electron chi connectivity index (χ0n) is 17.2. The van der Waals surface area contributed by atoms with Crippen molar-refractivity contribution in [2.24, 2.45) is 10.9 Å². The highest BCUT2D eigenvalue weighted by atomic mass is 127. The predicted octanol–water partition coefficient (Wildman–Crippen LogP) is 3.41. The summed E-state index contributed by atoms with van der Waals surface area (Å²) in [5.41, 5.74) is 2.71. The summed E-state index contributed by atoms with van der Waals surface area (Å²) in [4.78, 5) is 16.7. The summed E-state index contributed by atoms with van der Waals surface area (Å²) < 4.78 is 0. The third kappa shape index (κ3) is 7.26. The van der Waals surface area contributed by atoms with Crippen LogP contribution in [0, 0.1) is 5.92 Å². The van der Waals surface area contributed by atoms with E-state index in [2.05, 4.69) is 52.1 Å². The molecule has 156 valence electrons. The van der Waals surface area contributed by atoms with E-state index in [1.165, 1.54) is 11.1 Å². The first-order valence-electron chi connectivity index (χ1n) is 10.5. The van der Waals surface area contributed by atoms with Gasteiger partial charge in [-0.25, -0.2) is 0 Å². The topological polar surface area (TPSA) is 65.5 Å². The molecule has 1 amide bonds. The van der Waals surface area contributed by atoms with Gasteiger partial charge in [-0.05, 0) is 56.1 Å². The second kappa shape index (κ2) is 11.6.